The van der Waals surface area contributed by atoms with E-state index in [0.29, 0.717) is 40.2 Å². The SMILES string of the molecule is CCOc1ccccc1Oc1ccc(CNC(=O)Cn2cccc(C(F)(F)F)c2=O)cn1. The minimum absolute atomic E-state index is 0.0787. The van der Waals surface area contributed by atoms with Gasteiger partial charge in [0.1, 0.15) is 12.1 Å². The Hall–Kier alpha value is -3.82. The molecule has 2 heterocycles. The number of carbonyl (C=O) groups excluding carboxylic acids is 1. The number of carbonyl (C=O) groups is 1. The largest absolute Gasteiger partial charge is 0.490 e. The van der Waals surface area contributed by atoms with Crippen LogP contribution in [0.3, 0.4) is 0 Å². The lowest BCUT2D eigenvalue weighted by Gasteiger charge is -2.12. The molecule has 0 aliphatic carbocycles. The van der Waals surface area contributed by atoms with Crippen LogP contribution in [0, 0.1) is 0 Å². The molecule has 0 aliphatic heterocycles. The number of pyridine rings is 2. The first kappa shape index (κ1) is 22.9. The van der Waals surface area contributed by atoms with Gasteiger partial charge in [-0.1, -0.05) is 18.2 Å². The lowest BCUT2D eigenvalue weighted by Crippen LogP contribution is -2.34. The Morgan fingerprint density at radius 3 is 2.50 bits per heavy atom. The second-order valence-corrected chi connectivity index (χ2v) is 6.62. The van der Waals surface area contributed by atoms with Gasteiger partial charge in [0.25, 0.3) is 5.56 Å². The molecule has 2 aromatic heterocycles. The third kappa shape index (κ3) is 5.87. The Morgan fingerprint density at radius 2 is 1.84 bits per heavy atom. The highest BCUT2D eigenvalue weighted by Gasteiger charge is 2.34. The van der Waals surface area contributed by atoms with E-state index < -0.39 is 29.8 Å². The number of ether oxygens (including phenoxy) is 2. The monoisotopic (exact) mass is 447 g/mol. The Kier molecular flexibility index (Phi) is 7.14. The molecule has 10 heteroatoms. The van der Waals surface area contributed by atoms with Crippen molar-refractivity contribution in [2.45, 2.75) is 26.2 Å². The van der Waals surface area contributed by atoms with E-state index in [1.165, 1.54) is 6.20 Å². The number of rotatable bonds is 8. The maximum Gasteiger partial charge on any atom is 0.421 e. The van der Waals surface area contributed by atoms with E-state index >= 15 is 0 Å². The number of hydrogen-bond acceptors (Lipinski definition) is 5. The summed E-state index contributed by atoms with van der Waals surface area (Å²) in [5, 5.41) is 2.55. The molecule has 0 saturated carbocycles. The van der Waals surface area contributed by atoms with Crippen molar-refractivity contribution in [3.8, 4) is 17.4 Å². The molecule has 1 amide bonds. The molecule has 168 valence electrons. The van der Waals surface area contributed by atoms with Gasteiger partial charge in [0.05, 0.1) is 6.61 Å². The van der Waals surface area contributed by atoms with Crippen molar-refractivity contribution < 1.29 is 27.4 Å². The number of aromatic nitrogens is 2. The Morgan fingerprint density at radius 1 is 1.09 bits per heavy atom. The first-order valence-electron chi connectivity index (χ1n) is 9.66. The number of benzene rings is 1. The molecular formula is C22H20F3N3O4. The summed E-state index contributed by atoms with van der Waals surface area (Å²) < 4.78 is 50.4. The standard InChI is InChI=1S/C22H20F3N3O4/c1-2-31-17-7-3-4-8-18(17)32-20-10-9-15(13-27-20)12-26-19(29)14-28-11-5-6-16(21(28)30)22(23,24)25/h3-11,13H,2,12,14H2,1H3,(H,26,29). The molecule has 0 aliphatic rings. The van der Waals surface area contributed by atoms with Crippen LogP contribution in [0.5, 0.6) is 17.4 Å². The van der Waals surface area contributed by atoms with Crippen molar-refractivity contribution in [1.29, 1.82) is 0 Å². The van der Waals surface area contributed by atoms with Crippen LogP contribution in [0.25, 0.3) is 0 Å². The highest BCUT2D eigenvalue weighted by molar-refractivity contribution is 5.75. The molecular weight excluding hydrogens is 427 g/mol. The summed E-state index contributed by atoms with van der Waals surface area (Å²) in [6.07, 6.45) is -2.16. The normalized spacial score (nSPS) is 11.1. The van der Waals surface area contributed by atoms with E-state index in [1.807, 2.05) is 13.0 Å². The quantitative estimate of drug-likeness (QED) is 0.569. The summed E-state index contributed by atoms with van der Waals surface area (Å²) in [4.78, 5) is 28.2. The van der Waals surface area contributed by atoms with Gasteiger partial charge in [-0.3, -0.25) is 9.59 Å². The molecule has 0 atom stereocenters. The van der Waals surface area contributed by atoms with Crippen LogP contribution in [0.2, 0.25) is 0 Å². The van der Waals surface area contributed by atoms with Crippen LogP contribution in [-0.2, 0) is 24.1 Å². The summed E-state index contributed by atoms with van der Waals surface area (Å²) in [6, 6.07) is 12.2. The third-order valence-corrected chi connectivity index (χ3v) is 4.29. The molecule has 0 spiro atoms. The number of alkyl halides is 3. The summed E-state index contributed by atoms with van der Waals surface area (Å²) in [5.74, 6) is 0.799. The predicted molar refractivity (Wildman–Crippen MR) is 109 cm³/mol. The summed E-state index contributed by atoms with van der Waals surface area (Å²) in [5.41, 5.74) is -1.95. The van der Waals surface area contributed by atoms with Crippen LogP contribution < -0.4 is 20.3 Å². The molecule has 7 nitrogen and oxygen atoms in total. The van der Waals surface area contributed by atoms with Gasteiger partial charge < -0.3 is 19.4 Å². The van der Waals surface area contributed by atoms with Crippen molar-refractivity contribution in [1.82, 2.24) is 14.9 Å². The first-order chi connectivity index (χ1) is 15.3. The third-order valence-electron chi connectivity index (χ3n) is 4.29. The molecule has 0 bridgehead atoms. The zero-order valence-electron chi connectivity index (χ0n) is 17.1. The molecule has 0 saturated heterocycles. The van der Waals surface area contributed by atoms with E-state index in [9.17, 15) is 22.8 Å². The summed E-state index contributed by atoms with van der Waals surface area (Å²) >= 11 is 0. The fourth-order valence-electron chi connectivity index (χ4n) is 2.79. The average molecular weight is 447 g/mol. The van der Waals surface area contributed by atoms with E-state index in [-0.39, 0.29) is 6.54 Å². The fourth-order valence-corrected chi connectivity index (χ4v) is 2.79. The van der Waals surface area contributed by atoms with E-state index in [1.54, 1.807) is 30.3 Å². The van der Waals surface area contributed by atoms with Crippen molar-refractivity contribution in [2.24, 2.45) is 0 Å². The maximum atomic E-state index is 12.8. The Bertz CT molecular complexity index is 1130. The highest BCUT2D eigenvalue weighted by atomic mass is 19.4. The average Bonchev–Trinajstić information content (AvgIpc) is 2.75. The number of nitrogens with zero attached hydrogens (tertiary/aromatic N) is 2. The van der Waals surface area contributed by atoms with Gasteiger partial charge in [-0.05, 0) is 36.8 Å². The molecule has 3 rings (SSSR count). The van der Waals surface area contributed by atoms with Gasteiger partial charge in [0.2, 0.25) is 11.8 Å². The minimum Gasteiger partial charge on any atom is -0.490 e. The molecule has 32 heavy (non-hydrogen) atoms. The number of amides is 1. The lowest BCUT2D eigenvalue weighted by molar-refractivity contribution is -0.139. The van der Waals surface area contributed by atoms with Gasteiger partial charge in [-0.25, -0.2) is 4.98 Å². The smallest absolute Gasteiger partial charge is 0.421 e. The second-order valence-electron chi connectivity index (χ2n) is 6.62. The van der Waals surface area contributed by atoms with Crippen LogP contribution in [0.4, 0.5) is 13.2 Å². The fraction of sp³-hybridized carbons (Fsp3) is 0.227. The zero-order chi connectivity index (χ0) is 23.1. The minimum atomic E-state index is -4.78. The highest BCUT2D eigenvalue weighted by Crippen LogP contribution is 2.30. The lowest BCUT2D eigenvalue weighted by atomic mass is 10.2. The van der Waals surface area contributed by atoms with E-state index in [2.05, 4.69) is 10.3 Å². The summed E-state index contributed by atoms with van der Waals surface area (Å²) in [6.45, 7) is 1.89. The molecule has 1 N–H and O–H groups in total. The number of halogens is 3. The maximum absolute atomic E-state index is 12.8. The van der Waals surface area contributed by atoms with Gasteiger partial charge in [0.15, 0.2) is 11.5 Å². The first-order valence-corrected chi connectivity index (χ1v) is 9.66. The second kappa shape index (κ2) is 9.99. The molecule has 0 unspecified atom stereocenters. The summed E-state index contributed by atoms with van der Waals surface area (Å²) in [7, 11) is 0. The van der Waals surface area contributed by atoms with Crippen LogP contribution in [0.1, 0.15) is 18.1 Å². The van der Waals surface area contributed by atoms with Crippen molar-refractivity contribution in [3.63, 3.8) is 0 Å². The number of para-hydroxylation sites is 2. The van der Waals surface area contributed by atoms with Gasteiger partial charge >= 0.3 is 6.18 Å². The Labute approximate surface area is 181 Å². The molecule has 0 fully saturated rings. The van der Waals surface area contributed by atoms with Crippen LogP contribution in [-0.4, -0.2) is 22.1 Å². The number of hydrogen-bond donors (Lipinski definition) is 1. The molecule has 3 aromatic rings. The van der Waals surface area contributed by atoms with Gasteiger partial charge in [-0.15, -0.1) is 0 Å². The van der Waals surface area contributed by atoms with Gasteiger partial charge in [-0.2, -0.15) is 13.2 Å². The van der Waals surface area contributed by atoms with E-state index in [4.69, 9.17) is 9.47 Å². The van der Waals surface area contributed by atoms with E-state index in [0.717, 1.165) is 12.3 Å². The van der Waals surface area contributed by atoms with Crippen molar-refractivity contribution in [3.05, 3.63) is 82.4 Å². The molecule has 1 aromatic carbocycles. The van der Waals surface area contributed by atoms with Crippen LogP contribution >= 0.6 is 0 Å². The van der Waals surface area contributed by atoms with Crippen LogP contribution in [0.15, 0.2) is 65.7 Å². The molecule has 0 radical (unpaired) electrons. The predicted octanol–water partition coefficient (Wildman–Crippen LogP) is 3.77. The number of nitrogens with one attached hydrogen (secondary N) is 1. The zero-order valence-corrected chi connectivity index (χ0v) is 17.1. The van der Waals surface area contributed by atoms with Gasteiger partial charge in [0, 0.05) is 25.0 Å². The Balaban J connectivity index is 1.58. The topological polar surface area (TPSA) is 82.5 Å². The van der Waals surface area contributed by atoms with Crippen molar-refractivity contribution >= 4 is 5.91 Å². The van der Waals surface area contributed by atoms with Crippen molar-refractivity contribution in [2.75, 3.05) is 6.61 Å².